The molecule has 2 N–H and O–H groups in total. The summed E-state index contributed by atoms with van der Waals surface area (Å²) in [7, 11) is 1.84. The molecular formula is C21H31N5S. The summed E-state index contributed by atoms with van der Waals surface area (Å²) in [4.78, 5) is 12.7. The summed E-state index contributed by atoms with van der Waals surface area (Å²) in [5.74, 6) is 0.887. The van der Waals surface area contributed by atoms with E-state index >= 15 is 0 Å². The van der Waals surface area contributed by atoms with Crippen LogP contribution in [0.5, 0.6) is 0 Å². The third-order valence-corrected chi connectivity index (χ3v) is 6.30. The van der Waals surface area contributed by atoms with Gasteiger partial charge in [-0.2, -0.15) is 0 Å². The molecule has 1 aliphatic rings. The van der Waals surface area contributed by atoms with Crippen LogP contribution >= 0.6 is 11.3 Å². The molecular weight excluding hydrogens is 354 g/mol. The molecule has 1 aromatic heterocycles. The molecule has 0 spiro atoms. The van der Waals surface area contributed by atoms with Gasteiger partial charge >= 0.3 is 0 Å². The molecule has 2 heterocycles. The highest BCUT2D eigenvalue weighted by Gasteiger charge is 2.20. The lowest BCUT2D eigenvalue weighted by atomic mass is 10.0. The molecule has 0 atom stereocenters. The first kappa shape index (κ1) is 19.8. The predicted octanol–water partition coefficient (Wildman–Crippen LogP) is 3.40. The number of benzene rings is 1. The minimum atomic E-state index is 0.480. The number of nitrogens with zero attached hydrogens (tertiary/aromatic N) is 3. The lowest BCUT2D eigenvalue weighted by Gasteiger charge is -2.33. The molecule has 1 aliphatic heterocycles. The zero-order valence-corrected chi connectivity index (χ0v) is 17.7. The Hall–Kier alpha value is -1.92. The van der Waals surface area contributed by atoms with E-state index in [9.17, 15) is 0 Å². The van der Waals surface area contributed by atoms with Crippen LogP contribution in [0, 0.1) is 20.8 Å². The predicted molar refractivity (Wildman–Crippen MR) is 114 cm³/mol. The Balaban J connectivity index is 1.45. The van der Waals surface area contributed by atoms with Crippen LogP contribution in [0.4, 0.5) is 0 Å². The first-order valence-electron chi connectivity index (χ1n) is 9.72. The Morgan fingerprint density at radius 3 is 2.59 bits per heavy atom. The van der Waals surface area contributed by atoms with Crippen molar-refractivity contribution in [2.75, 3.05) is 20.1 Å². The first-order chi connectivity index (χ1) is 13.0. The highest BCUT2D eigenvalue weighted by molar-refractivity contribution is 7.11. The highest BCUT2D eigenvalue weighted by Crippen LogP contribution is 2.17. The third-order valence-electron chi connectivity index (χ3n) is 5.22. The zero-order chi connectivity index (χ0) is 19.2. The quantitative estimate of drug-likeness (QED) is 0.612. The van der Waals surface area contributed by atoms with Crippen molar-refractivity contribution in [2.24, 2.45) is 4.99 Å². The van der Waals surface area contributed by atoms with E-state index in [4.69, 9.17) is 0 Å². The van der Waals surface area contributed by atoms with E-state index in [-0.39, 0.29) is 0 Å². The second-order valence-corrected chi connectivity index (χ2v) is 8.58. The number of hydrogen-bond donors (Lipinski definition) is 2. The van der Waals surface area contributed by atoms with E-state index in [1.807, 2.05) is 7.05 Å². The van der Waals surface area contributed by atoms with E-state index in [0.717, 1.165) is 55.7 Å². The van der Waals surface area contributed by atoms with Crippen molar-refractivity contribution in [1.82, 2.24) is 20.5 Å². The van der Waals surface area contributed by atoms with Gasteiger partial charge < -0.3 is 10.6 Å². The summed E-state index contributed by atoms with van der Waals surface area (Å²) >= 11 is 1.75. The molecule has 0 bridgehead atoms. The zero-order valence-electron chi connectivity index (χ0n) is 16.9. The number of hydrogen-bond acceptors (Lipinski definition) is 4. The molecule has 2 aromatic rings. The first-order valence-corrected chi connectivity index (χ1v) is 10.5. The van der Waals surface area contributed by atoms with Crippen molar-refractivity contribution in [3.05, 3.63) is 51.0 Å². The molecule has 0 aliphatic carbocycles. The molecule has 146 valence electrons. The van der Waals surface area contributed by atoms with Gasteiger partial charge in [-0.05, 0) is 44.7 Å². The van der Waals surface area contributed by atoms with Gasteiger partial charge in [0.25, 0.3) is 0 Å². The monoisotopic (exact) mass is 385 g/mol. The van der Waals surface area contributed by atoms with E-state index in [1.54, 1.807) is 11.3 Å². The van der Waals surface area contributed by atoms with Gasteiger partial charge in [-0.15, -0.1) is 11.3 Å². The Morgan fingerprint density at radius 2 is 1.96 bits per heavy atom. The number of guanidine groups is 1. The van der Waals surface area contributed by atoms with Crippen LogP contribution in [0.25, 0.3) is 0 Å². The van der Waals surface area contributed by atoms with Gasteiger partial charge in [0.1, 0.15) is 0 Å². The van der Waals surface area contributed by atoms with Gasteiger partial charge in [-0.25, -0.2) is 4.98 Å². The Bertz CT molecular complexity index is 775. The molecule has 0 saturated carbocycles. The van der Waals surface area contributed by atoms with Crippen molar-refractivity contribution in [3.8, 4) is 0 Å². The van der Waals surface area contributed by atoms with Crippen molar-refractivity contribution >= 4 is 17.3 Å². The Kier molecular flexibility index (Phi) is 6.85. The number of aryl methyl sites for hydroxylation is 3. The second kappa shape index (κ2) is 9.33. The maximum atomic E-state index is 4.49. The van der Waals surface area contributed by atoms with Gasteiger partial charge in [0.05, 0.1) is 17.2 Å². The fourth-order valence-electron chi connectivity index (χ4n) is 3.55. The van der Waals surface area contributed by atoms with Gasteiger partial charge in [0.2, 0.25) is 0 Å². The summed E-state index contributed by atoms with van der Waals surface area (Å²) < 4.78 is 0. The number of aromatic nitrogens is 1. The van der Waals surface area contributed by atoms with Crippen molar-refractivity contribution < 1.29 is 0 Å². The van der Waals surface area contributed by atoms with Crippen molar-refractivity contribution in [1.29, 1.82) is 0 Å². The number of likely N-dealkylation sites (tertiary alicyclic amines) is 1. The van der Waals surface area contributed by atoms with Gasteiger partial charge in [0.15, 0.2) is 5.96 Å². The molecule has 0 amide bonds. The van der Waals surface area contributed by atoms with Gasteiger partial charge in [-0.3, -0.25) is 9.89 Å². The maximum Gasteiger partial charge on any atom is 0.191 e. The molecule has 1 fully saturated rings. The Labute approximate surface area is 166 Å². The SMILES string of the molecule is CN=C(NCc1sc(C)nc1C)NC1CCN(Cc2ccccc2C)CC1. The standard InChI is InChI=1S/C21H31N5S/c1-15-7-5-6-8-18(15)14-26-11-9-19(10-12-26)25-21(22-4)23-13-20-16(2)24-17(3)27-20/h5-8,19H,9-14H2,1-4H3,(H2,22,23,25). The molecule has 3 rings (SSSR count). The minimum absolute atomic E-state index is 0.480. The molecule has 1 saturated heterocycles. The van der Waals surface area contributed by atoms with Gasteiger partial charge in [-0.1, -0.05) is 24.3 Å². The number of aliphatic imine (C=N–C) groups is 1. The Morgan fingerprint density at radius 1 is 1.22 bits per heavy atom. The van der Waals surface area contributed by atoms with E-state index < -0.39 is 0 Å². The summed E-state index contributed by atoms with van der Waals surface area (Å²) in [5.41, 5.74) is 3.94. The lowest BCUT2D eigenvalue weighted by molar-refractivity contribution is 0.198. The summed E-state index contributed by atoms with van der Waals surface area (Å²) in [5, 5.41) is 8.15. The third kappa shape index (κ3) is 5.53. The number of thiazole rings is 1. The van der Waals surface area contributed by atoms with E-state index in [0.29, 0.717) is 6.04 Å². The van der Waals surface area contributed by atoms with E-state index in [2.05, 4.69) is 70.5 Å². The molecule has 1 aromatic carbocycles. The summed E-state index contributed by atoms with van der Waals surface area (Å²) in [6.07, 6.45) is 2.29. The lowest BCUT2D eigenvalue weighted by Crippen LogP contribution is -2.48. The molecule has 0 unspecified atom stereocenters. The normalized spacial score (nSPS) is 16.5. The average Bonchev–Trinajstić information content (AvgIpc) is 2.99. The topological polar surface area (TPSA) is 52.6 Å². The fraction of sp³-hybridized carbons (Fsp3) is 0.524. The highest BCUT2D eigenvalue weighted by atomic mass is 32.1. The molecule has 5 nitrogen and oxygen atoms in total. The molecule has 27 heavy (non-hydrogen) atoms. The summed E-state index contributed by atoms with van der Waals surface area (Å²) in [6, 6.07) is 9.18. The summed E-state index contributed by atoms with van der Waals surface area (Å²) in [6.45, 7) is 10.4. The van der Waals surface area contributed by atoms with E-state index in [1.165, 1.54) is 16.0 Å². The van der Waals surface area contributed by atoms with Crippen LogP contribution in [0.1, 0.15) is 39.5 Å². The largest absolute Gasteiger partial charge is 0.354 e. The van der Waals surface area contributed by atoms with Crippen LogP contribution in [0.15, 0.2) is 29.3 Å². The fourth-order valence-corrected chi connectivity index (χ4v) is 4.43. The van der Waals surface area contributed by atoms with Crippen molar-refractivity contribution in [3.63, 3.8) is 0 Å². The molecule has 0 radical (unpaired) electrons. The maximum absolute atomic E-state index is 4.49. The van der Waals surface area contributed by atoms with Crippen molar-refractivity contribution in [2.45, 2.75) is 52.7 Å². The smallest absolute Gasteiger partial charge is 0.191 e. The molecule has 6 heteroatoms. The van der Waals surface area contributed by atoms with Crippen LogP contribution in [0.3, 0.4) is 0 Å². The van der Waals surface area contributed by atoms with Crippen LogP contribution in [0.2, 0.25) is 0 Å². The van der Waals surface area contributed by atoms with Crippen LogP contribution in [-0.4, -0.2) is 42.0 Å². The van der Waals surface area contributed by atoms with Crippen LogP contribution < -0.4 is 10.6 Å². The number of piperidine rings is 1. The number of nitrogens with one attached hydrogen (secondary N) is 2. The van der Waals surface area contributed by atoms with Crippen LogP contribution in [-0.2, 0) is 13.1 Å². The average molecular weight is 386 g/mol. The second-order valence-electron chi connectivity index (χ2n) is 7.29. The van der Waals surface area contributed by atoms with Gasteiger partial charge in [0, 0.05) is 37.6 Å². The number of rotatable bonds is 5. The minimum Gasteiger partial charge on any atom is -0.354 e.